The monoisotopic (exact) mass is 474 g/mol. The summed E-state index contributed by atoms with van der Waals surface area (Å²) in [6.07, 6.45) is 4.89. The van der Waals surface area contributed by atoms with Crippen LogP contribution in [0, 0.1) is 0 Å². The van der Waals surface area contributed by atoms with Crippen molar-refractivity contribution in [3.63, 3.8) is 0 Å². The molecule has 0 radical (unpaired) electrons. The fourth-order valence-electron chi connectivity index (χ4n) is 3.78. The summed E-state index contributed by atoms with van der Waals surface area (Å²) in [6.45, 7) is 2.23. The lowest BCUT2D eigenvalue weighted by molar-refractivity contribution is 0.271. The molecule has 2 aromatic carbocycles. The van der Waals surface area contributed by atoms with Gasteiger partial charge >= 0.3 is 0 Å². The van der Waals surface area contributed by atoms with Crippen LogP contribution < -0.4 is 30.2 Å². The summed E-state index contributed by atoms with van der Waals surface area (Å²) in [5, 5.41) is 17.7. The predicted molar refractivity (Wildman–Crippen MR) is 130 cm³/mol. The van der Waals surface area contributed by atoms with Gasteiger partial charge in [-0.1, -0.05) is 17.3 Å². The van der Waals surface area contributed by atoms with Crippen LogP contribution in [-0.2, 0) is 19.6 Å². The second-order valence-corrected chi connectivity index (χ2v) is 7.84. The van der Waals surface area contributed by atoms with Crippen LogP contribution in [0.25, 0.3) is 0 Å². The molecule has 0 fully saturated rings. The number of nitrogens with one attached hydrogen (secondary N) is 3. The highest BCUT2D eigenvalue weighted by Crippen LogP contribution is 2.42. The molecule has 1 aliphatic rings. The molecule has 0 aliphatic carbocycles. The van der Waals surface area contributed by atoms with Crippen LogP contribution in [0.4, 0.5) is 17.2 Å². The van der Waals surface area contributed by atoms with Crippen LogP contribution in [0.3, 0.4) is 0 Å². The highest BCUT2D eigenvalue weighted by atomic mass is 16.5. The first kappa shape index (κ1) is 22.4. The summed E-state index contributed by atoms with van der Waals surface area (Å²) in [5.41, 5.74) is 3.67. The maximum Gasteiger partial charge on any atom is 0.248 e. The van der Waals surface area contributed by atoms with Crippen molar-refractivity contribution in [3.05, 3.63) is 66.2 Å². The quantitative estimate of drug-likeness (QED) is 0.333. The van der Waals surface area contributed by atoms with E-state index in [1.54, 1.807) is 24.2 Å². The fraction of sp³-hybridized carbons (Fsp3) is 0.250. The van der Waals surface area contributed by atoms with E-state index in [1.807, 2.05) is 31.3 Å². The molecule has 3 N–H and O–H groups in total. The Morgan fingerprint density at radius 3 is 2.94 bits per heavy atom. The molecule has 0 saturated carbocycles. The summed E-state index contributed by atoms with van der Waals surface area (Å²) in [6, 6.07) is 11.9. The number of nitrogens with zero attached hydrogens (tertiary/aromatic N) is 5. The van der Waals surface area contributed by atoms with Gasteiger partial charge in [0, 0.05) is 36.6 Å². The molecule has 11 nitrogen and oxygen atoms in total. The van der Waals surface area contributed by atoms with Crippen LogP contribution in [0.5, 0.6) is 23.1 Å². The van der Waals surface area contributed by atoms with Gasteiger partial charge in [-0.2, -0.15) is 4.98 Å². The number of hydrogen-bond acceptors (Lipinski definition) is 10. The lowest BCUT2D eigenvalue weighted by Crippen LogP contribution is -2.09. The van der Waals surface area contributed by atoms with Crippen LogP contribution in [0.1, 0.15) is 11.1 Å². The van der Waals surface area contributed by atoms with Gasteiger partial charge < -0.3 is 30.2 Å². The van der Waals surface area contributed by atoms with E-state index in [9.17, 15) is 0 Å². The highest BCUT2D eigenvalue weighted by molar-refractivity contribution is 5.76. The summed E-state index contributed by atoms with van der Waals surface area (Å²) in [7, 11) is 3.53. The molecule has 5 rings (SSSR count). The molecule has 1 aliphatic heterocycles. The molecule has 0 bridgehead atoms. The van der Waals surface area contributed by atoms with Gasteiger partial charge in [0.1, 0.15) is 24.4 Å². The van der Waals surface area contributed by atoms with Crippen molar-refractivity contribution >= 4 is 17.2 Å². The van der Waals surface area contributed by atoms with Gasteiger partial charge in [0.2, 0.25) is 5.88 Å². The number of fused-ring (bicyclic) bond motifs is 2. The van der Waals surface area contributed by atoms with Crippen molar-refractivity contribution in [3.8, 4) is 23.1 Å². The van der Waals surface area contributed by atoms with Gasteiger partial charge in [0.05, 0.1) is 19.9 Å². The average Bonchev–Trinajstić information content (AvgIpc) is 3.31. The molecule has 180 valence electrons. The number of rotatable bonds is 9. The molecule has 3 heterocycles. The third-order valence-electron chi connectivity index (χ3n) is 5.44. The SMILES string of the molecule is CNCc1cccc(Nc2ncnc3c2NCc2cc(OC)c(OCCn4ccnn4)cc2O3)c1. The molecule has 0 atom stereocenters. The zero-order valence-electron chi connectivity index (χ0n) is 19.5. The number of hydrogen-bond donors (Lipinski definition) is 3. The van der Waals surface area contributed by atoms with Gasteiger partial charge in [-0.3, -0.25) is 0 Å². The zero-order valence-corrected chi connectivity index (χ0v) is 19.5. The first-order chi connectivity index (χ1) is 17.2. The Bertz CT molecular complexity index is 1300. The minimum Gasteiger partial charge on any atom is -0.493 e. The third-order valence-corrected chi connectivity index (χ3v) is 5.44. The number of anilines is 3. The topological polar surface area (TPSA) is 120 Å². The Labute approximate surface area is 202 Å². The van der Waals surface area contributed by atoms with E-state index in [-0.39, 0.29) is 0 Å². The van der Waals surface area contributed by atoms with Crippen LogP contribution in [0.15, 0.2) is 55.1 Å². The van der Waals surface area contributed by atoms with Crippen molar-refractivity contribution in [2.75, 3.05) is 31.4 Å². The predicted octanol–water partition coefficient (Wildman–Crippen LogP) is 3.34. The Morgan fingerprint density at radius 2 is 2.11 bits per heavy atom. The van der Waals surface area contributed by atoms with Crippen molar-refractivity contribution in [2.24, 2.45) is 0 Å². The molecule has 0 unspecified atom stereocenters. The van der Waals surface area contributed by atoms with E-state index >= 15 is 0 Å². The van der Waals surface area contributed by atoms with Gasteiger partial charge in [-0.15, -0.1) is 5.10 Å². The molecule has 0 amide bonds. The van der Waals surface area contributed by atoms with Gasteiger partial charge in [-0.05, 0) is 30.8 Å². The van der Waals surface area contributed by atoms with Gasteiger partial charge in [0.15, 0.2) is 17.3 Å². The molecule has 4 aromatic rings. The van der Waals surface area contributed by atoms with Gasteiger partial charge in [-0.25, -0.2) is 9.67 Å². The Morgan fingerprint density at radius 1 is 1.17 bits per heavy atom. The smallest absolute Gasteiger partial charge is 0.248 e. The fourth-order valence-corrected chi connectivity index (χ4v) is 3.78. The lowest BCUT2D eigenvalue weighted by atomic mass is 10.1. The number of aromatic nitrogens is 5. The summed E-state index contributed by atoms with van der Waals surface area (Å²) in [5.74, 6) is 2.87. The maximum atomic E-state index is 6.21. The highest BCUT2D eigenvalue weighted by Gasteiger charge is 2.22. The summed E-state index contributed by atoms with van der Waals surface area (Å²) in [4.78, 5) is 8.80. The largest absolute Gasteiger partial charge is 0.493 e. The van der Waals surface area contributed by atoms with E-state index in [0.29, 0.717) is 54.3 Å². The van der Waals surface area contributed by atoms with E-state index < -0.39 is 0 Å². The lowest BCUT2D eigenvalue weighted by Gasteiger charge is -2.14. The Hall–Kier alpha value is -4.38. The number of methoxy groups -OCH3 is 1. The van der Waals surface area contributed by atoms with Crippen LogP contribution >= 0.6 is 0 Å². The number of ether oxygens (including phenoxy) is 3. The maximum absolute atomic E-state index is 6.21. The molecular weight excluding hydrogens is 448 g/mol. The van der Waals surface area contributed by atoms with Gasteiger partial charge in [0.25, 0.3) is 0 Å². The van der Waals surface area contributed by atoms with E-state index in [0.717, 1.165) is 23.4 Å². The number of benzene rings is 2. The summed E-state index contributed by atoms with van der Waals surface area (Å²) < 4.78 is 19.4. The van der Waals surface area contributed by atoms with E-state index in [1.165, 1.54) is 6.33 Å². The first-order valence-corrected chi connectivity index (χ1v) is 11.2. The zero-order chi connectivity index (χ0) is 24.0. The van der Waals surface area contributed by atoms with Crippen molar-refractivity contribution in [2.45, 2.75) is 19.6 Å². The standard InChI is InChI=1S/C24H26N8O3/c1-25-13-16-4-3-5-18(10-16)30-23-22-24(28-15-27-23)35-19-12-21(20(33-2)11-17(19)14-26-22)34-9-8-32-7-6-29-31-32/h3-7,10-12,15,25-26H,8-9,13-14H2,1-2H3,(H,27,28,30). The van der Waals surface area contributed by atoms with E-state index in [2.05, 4.69) is 48.4 Å². The third kappa shape index (κ3) is 5.09. The molecule has 0 spiro atoms. The average molecular weight is 475 g/mol. The van der Waals surface area contributed by atoms with Crippen LogP contribution in [-0.4, -0.2) is 45.7 Å². The molecule has 2 aromatic heterocycles. The normalized spacial score (nSPS) is 11.9. The van der Waals surface area contributed by atoms with Crippen molar-refractivity contribution < 1.29 is 14.2 Å². The van der Waals surface area contributed by atoms with E-state index in [4.69, 9.17) is 14.2 Å². The molecule has 0 saturated heterocycles. The van der Waals surface area contributed by atoms with Crippen molar-refractivity contribution in [1.29, 1.82) is 0 Å². The molecule has 11 heteroatoms. The van der Waals surface area contributed by atoms with Crippen molar-refractivity contribution in [1.82, 2.24) is 30.3 Å². The second kappa shape index (κ2) is 10.3. The summed E-state index contributed by atoms with van der Waals surface area (Å²) >= 11 is 0. The Balaban J connectivity index is 1.37. The Kier molecular flexibility index (Phi) is 6.57. The van der Waals surface area contributed by atoms with Crippen LogP contribution in [0.2, 0.25) is 0 Å². The molecular formula is C24H26N8O3. The minimum atomic E-state index is 0.399. The second-order valence-electron chi connectivity index (χ2n) is 7.84. The molecule has 35 heavy (non-hydrogen) atoms. The minimum absolute atomic E-state index is 0.399. The first-order valence-electron chi connectivity index (χ1n) is 11.2.